The summed E-state index contributed by atoms with van der Waals surface area (Å²) in [4.78, 5) is 13.3. The monoisotopic (exact) mass is 390 g/mol. The van der Waals surface area contributed by atoms with Crippen LogP contribution in [0.1, 0.15) is 84.5 Å². The van der Waals surface area contributed by atoms with E-state index in [1.807, 2.05) is 19.9 Å². The molecule has 1 heterocycles. The molecule has 4 heteroatoms. The molecule has 4 nitrogen and oxygen atoms in total. The van der Waals surface area contributed by atoms with Crippen molar-refractivity contribution in [1.82, 2.24) is 0 Å². The molecule has 5 rings (SSSR count). The molecule has 3 aliphatic rings. The third-order valence-corrected chi connectivity index (χ3v) is 7.27. The van der Waals surface area contributed by atoms with Gasteiger partial charge in [-0.25, -0.2) is 0 Å². The molecule has 2 aromatic rings. The van der Waals surface area contributed by atoms with Gasteiger partial charge in [-0.15, -0.1) is 0 Å². The number of allylic oxidation sites excluding steroid dienone is 1. The van der Waals surface area contributed by atoms with Crippen LogP contribution >= 0.6 is 0 Å². The van der Waals surface area contributed by atoms with Gasteiger partial charge in [-0.05, 0) is 56.7 Å². The van der Waals surface area contributed by atoms with Gasteiger partial charge in [-0.3, -0.25) is 4.79 Å². The maximum Gasteiger partial charge on any atom is 0.197 e. The van der Waals surface area contributed by atoms with Crippen molar-refractivity contribution < 1.29 is 19.7 Å². The van der Waals surface area contributed by atoms with Crippen LogP contribution in [0.25, 0.3) is 0 Å². The van der Waals surface area contributed by atoms with Crippen LogP contribution in [0, 0.1) is 5.92 Å². The van der Waals surface area contributed by atoms with E-state index in [4.69, 9.17) is 4.74 Å². The van der Waals surface area contributed by atoms with Gasteiger partial charge in [0.15, 0.2) is 5.78 Å². The lowest BCUT2D eigenvalue weighted by Gasteiger charge is -2.48. The smallest absolute Gasteiger partial charge is 0.197 e. The highest BCUT2D eigenvalue weighted by Gasteiger charge is 2.48. The minimum atomic E-state index is -0.272. The number of benzene rings is 2. The summed E-state index contributed by atoms with van der Waals surface area (Å²) < 4.78 is 6.40. The van der Waals surface area contributed by atoms with Crippen molar-refractivity contribution in [2.45, 2.75) is 57.5 Å². The van der Waals surface area contributed by atoms with Crippen LogP contribution in [0.5, 0.6) is 17.2 Å². The predicted octanol–water partition coefficient (Wildman–Crippen LogP) is 5.40. The summed E-state index contributed by atoms with van der Waals surface area (Å²) >= 11 is 0. The molecule has 150 valence electrons. The Morgan fingerprint density at radius 2 is 2.03 bits per heavy atom. The van der Waals surface area contributed by atoms with Gasteiger partial charge in [0, 0.05) is 28.5 Å². The van der Waals surface area contributed by atoms with E-state index in [2.05, 4.69) is 13.5 Å². The number of carbonyl (C=O) groups is 1. The van der Waals surface area contributed by atoms with E-state index in [0.29, 0.717) is 22.4 Å². The highest BCUT2D eigenvalue weighted by molar-refractivity contribution is 6.15. The van der Waals surface area contributed by atoms with Crippen LogP contribution in [0.3, 0.4) is 0 Å². The summed E-state index contributed by atoms with van der Waals surface area (Å²) in [6.07, 6.45) is 2.72. The highest BCUT2D eigenvalue weighted by Crippen LogP contribution is 2.58. The number of hydrogen-bond acceptors (Lipinski definition) is 4. The van der Waals surface area contributed by atoms with Crippen molar-refractivity contribution in [3.05, 3.63) is 64.2 Å². The molecule has 4 unspecified atom stereocenters. The van der Waals surface area contributed by atoms with Crippen molar-refractivity contribution >= 4 is 5.78 Å². The van der Waals surface area contributed by atoms with Crippen LogP contribution in [0.15, 0.2) is 36.4 Å². The van der Waals surface area contributed by atoms with Crippen LogP contribution < -0.4 is 4.74 Å². The summed E-state index contributed by atoms with van der Waals surface area (Å²) in [6.45, 7) is 10.3. The number of aromatic hydroxyl groups is 2. The number of hydrogen-bond donors (Lipinski definition) is 2. The molecule has 0 spiro atoms. The highest BCUT2D eigenvalue weighted by atomic mass is 16.5. The van der Waals surface area contributed by atoms with E-state index in [0.717, 1.165) is 36.0 Å². The van der Waals surface area contributed by atoms with Gasteiger partial charge in [-0.1, -0.05) is 31.2 Å². The first kappa shape index (κ1) is 18.3. The quantitative estimate of drug-likeness (QED) is 0.640. The molecule has 0 radical (unpaired) electrons. The average Bonchev–Trinajstić information content (AvgIpc) is 2.64. The van der Waals surface area contributed by atoms with Crippen LogP contribution in [0.4, 0.5) is 0 Å². The second kappa shape index (κ2) is 5.88. The maximum absolute atomic E-state index is 13.3. The summed E-state index contributed by atoms with van der Waals surface area (Å²) in [6, 6.07) is 6.92. The van der Waals surface area contributed by atoms with E-state index >= 15 is 0 Å². The van der Waals surface area contributed by atoms with Crippen molar-refractivity contribution in [3.63, 3.8) is 0 Å². The number of ketones is 1. The fourth-order valence-corrected chi connectivity index (χ4v) is 5.82. The standard InChI is InChI=1S/C25H26O4/c1-12(2)14-8-9-25(4)11-17(14)21-19(29-25)10-16-13(3)20-15(6-5-7-18(20)26)23(27)22(16)24(21)28/h5-7,10,13-14,17,26,28H,1,8-9,11H2,2-4H3. The van der Waals surface area contributed by atoms with Gasteiger partial charge in [0.2, 0.25) is 0 Å². The number of carbonyl (C=O) groups excluding carboxylic acids is 1. The lowest BCUT2D eigenvalue weighted by molar-refractivity contribution is 0.00622. The first-order chi connectivity index (χ1) is 13.7. The number of ether oxygens (including phenoxy) is 1. The van der Waals surface area contributed by atoms with E-state index in [-0.39, 0.29) is 40.6 Å². The Morgan fingerprint density at radius 1 is 1.28 bits per heavy atom. The lowest BCUT2D eigenvalue weighted by atomic mass is 9.64. The first-order valence-electron chi connectivity index (χ1n) is 10.3. The Kier molecular flexibility index (Phi) is 3.71. The summed E-state index contributed by atoms with van der Waals surface area (Å²) in [7, 11) is 0. The fourth-order valence-electron chi connectivity index (χ4n) is 5.82. The van der Waals surface area contributed by atoms with Crippen molar-refractivity contribution in [2.75, 3.05) is 0 Å². The normalized spacial score (nSPS) is 29.3. The Labute approximate surface area is 170 Å². The summed E-state index contributed by atoms with van der Waals surface area (Å²) in [5, 5.41) is 21.8. The van der Waals surface area contributed by atoms with E-state index in [9.17, 15) is 15.0 Å². The van der Waals surface area contributed by atoms with Gasteiger partial charge < -0.3 is 14.9 Å². The molecule has 0 saturated heterocycles. The molecule has 2 N–H and O–H groups in total. The van der Waals surface area contributed by atoms with Gasteiger partial charge in [0.05, 0.1) is 5.56 Å². The van der Waals surface area contributed by atoms with Crippen LogP contribution in [0.2, 0.25) is 0 Å². The molecule has 1 saturated carbocycles. The van der Waals surface area contributed by atoms with E-state index < -0.39 is 0 Å². The zero-order valence-electron chi connectivity index (χ0n) is 17.1. The molecule has 2 aromatic carbocycles. The molecule has 0 aromatic heterocycles. The number of rotatable bonds is 1. The second-order valence-corrected chi connectivity index (χ2v) is 9.24. The molecule has 1 fully saturated rings. The average molecular weight is 390 g/mol. The lowest BCUT2D eigenvalue weighted by Crippen LogP contribution is -2.44. The van der Waals surface area contributed by atoms with E-state index in [1.54, 1.807) is 18.2 Å². The zero-order chi connectivity index (χ0) is 20.7. The van der Waals surface area contributed by atoms with Gasteiger partial charge in [0.1, 0.15) is 22.8 Å². The third-order valence-electron chi connectivity index (χ3n) is 7.27. The van der Waals surface area contributed by atoms with Crippen molar-refractivity contribution in [1.29, 1.82) is 0 Å². The maximum atomic E-state index is 13.3. The minimum absolute atomic E-state index is 0.0449. The second-order valence-electron chi connectivity index (χ2n) is 9.24. The molecule has 29 heavy (non-hydrogen) atoms. The van der Waals surface area contributed by atoms with Crippen molar-refractivity contribution in [3.8, 4) is 17.2 Å². The first-order valence-corrected chi connectivity index (χ1v) is 10.3. The van der Waals surface area contributed by atoms with Gasteiger partial charge in [-0.2, -0.15) is 0 Å². The number of phenolic OH excluding ortho intramolecular Hbond substituents is 2. The molecule has 1 aliphatic heterocycles. The summed E-state index contributed by atoms with van der Waals surface area (Å²) in [5.74, 6) is 0.730. The van der Waals surface area contributed by atoms with Crippen molar-refractivity contribution in [2.24, 2.45) is 5.92 Å². The largest absolute Gasteiger partial charge is 0.508 e. The van der Waals surface area contributed by atoms with Crippen LogP contribution in [-0.4, -0.2) is 21.6 Å². The molecule has 4 atom stereocenters. The van der Waals surface area contributed by atoms with Crippen LogP contribution in [-0.2, 0) is 0 Å². The third kappa shape index (κ3) is 2.41. The topological polar surface area (TPSA) is 66.8 Å². The molecule has 2 bridgehead atoms. The Bertz CT molecular complexity index is 1080. The number of fused-ring (bicyclic) bond motifs is 6. The molecular formula is C25H26O4. The Morgan fingerprint density at radius 3 is 2.76 bits per heavy atom. The Balaban J connectivity index is 1.76. The van der Waals surface area contributed by atoms with E-state index in [1.165, 1.54) is 0 Å². The fraction of sp³-hybridized carbons (Fsp3) is 0.400. The molecule has 0 amide bonds. The number of phenols is 2. The van der Waals surface area contributed by atoms with Gasteiger partial charge >= 0.3 is 0 Å². The minimum Gasteiger partial charge on any atom is -0.508 e. The SMILES string of the molecule is C=C(C)C1CCC2(C)CC1c1c(cc3c(c1O)C(=O)c1cccc(O)c1C3C)O2. The molecule has 2 aliphatic carbocycles. The predicted molar refractivity (Wildman–Crippen MR) is 111 cm³/mol. The molecular weight excluding hydrogens is 364 g/mol. The summed E-state index contributed by atoms with van der Waals surface area (Å²) in [5.41, 5.74) is 3.73. The van der Waals surface area contributed by atoms with Gasteiger partial charge in [0.25, 0.3) is 0 Å². The zero-order valence-corrected chi connectivity index (χ0v) is 17.1. The Hall–Kier alpha value is -2.75.